The van der Waals surface area contributed by atoms with Gasteiger partial charge < -0.3 is 55.6 Å². The van der Waals surface area contributed by atoms with Gasteiger partial charge in [0.1, 0.15) is 42.7 Å². The first-order valence-corrected chi connectivity index (χ1v) is 11.6. The summed E-state index contributed by atoms with van der Waals surface area (Å²) in [6.45, 7) is 1.33. The lowest BCUT2D eigenvalue weighted by molar-refractivity contribution is -0.327. The van der Waals surface area contributed by atoms with Gasteiger partial charge in [-0.3, -0.25) is 0 Å². The third kappa shape index (κ3) is 9.43. The summed E-state index contributed by atoms with van der Waals surface area (Å²) in [7, 11) is 0. The van der Waals surface area contributed by atoms with Crippen LogP contribution in [0.5, 0.6) is 0 Å². The molecule has 1 saturated heterocycles. The molecule has 0 radical (unpaired) electrons. The van der Waals surface area contributed by atoms with Gasteiger partial charge in [-0.25, -0.2) is 0 Å². The van der Waals surface area contributed by atoms with Gasteiger partial charge in [0.25, 0.3) is 0 Å². The number of nitrogens with one attached hydrogen (secondary N) is 1. The lowest BCUT2D eigenvalue weighted by Crippen LogP contribution is -2.61. The molecule has 1 fully saturated rings. The van der Waals surface area contributed by atoms with Crippen molar-refractivity contribution >= 4 is 0 Å². The zero-order valence-electron chi connectivity index (χ0n) is 18.9. The summed E-state index contributed by atoms with van der Waals surface area (Å²) in [5, 5.41) is 82.2. The fraction of sp³-hybridized carbons (Fsp3) is 1.00. The van der Waals surface area contributed by atoms with E-state index in [-0.39, 0.29) is 6.54 Å². The Morgan fingerprint density at radius 3 is 2.06 bits per heavy atom. The molecule has 0 aromatic rings. The molecule has 1 heterocycles. The van der Waals surface area contributed by atoms with Crippen LogP contribution < -0.4 is 5.32 Å². The Hall–Kier alpha value is -0.440. The van der Waals surface area contributed by atoms with Crippen LogP contribution in [0, 0.1) is 0 Å². The van der Waals surface area contributed by atoms with Gasteiger partial charge >= 0.3 is 0 Å². The van der Waals surface area contributed by atoms with Gasteiger partial charge in [-0.2, -0.15) is 0 Å². The molecule has 0 spiro atoms. The predicted octanol–water partition coefficient (Wildman–Crippen LogP) is -2.41. The average molecular weight is 470 g/mol. The summed E-state index contributed by atoms with van der Waals surface area (Å²) in [4.78, 5) is 0. The molecule has 0 bridgehead atoms. The number of aliphatic hydroxyl groups is 8. The second-order valence-corrected chi connectivity index (χ2v) is 8.43. The SMILES string of the molecule is CCCCCCCCCNCC(O)C(O)C(OC1OC(CO)C(O)C(O)C1O)C(O)CO. The molecule has 1 aliphatic rings. The summed E-state index contributed by atoms with van der Waals surface area (Å²) >= 11 is 0. The minimum absolute atomic E-state index is 0.00366. The molecule has 9 N–H and O–H groups in total. The normalized spacial score (nSPS) is 30.1. The van der Waals surface area contributed by atoms with Gasteiger partial charge in [0.05, 0.1) is 19.3 Å². The van der Waals surface area contributed by atoms with Gasteiger partial charge in [-0.15, -0.1) is 0 Å². The summed E-state index contributed by atoms with van der Waals surface area (Å²) in [6.07, 6.45) is -6.15. The van der Waals surface area contributed by atoms with Crippen molar-refractivity contribution in [1.82, 2.24) is 5.32 Å². The molecule has 0 aromatic heterocycles. The zero-order valence-corrected chi connectivity index (χ0v) is 18.9. The van der Waals surface area contributed by atoms with Crippen molar-refractivity contribution in [2.75, 3.05) is 26.3 Å². The van der Waals surface area contributed by atoms with Crippen molar-refractivity contribution in [2.45, 2.75) is 107 Å². The van der Waals surface area contributed by atoms with E-state index in [1.54, 1.807) is 0 Å². The Kier molecular flexibility index (Phi) is 15.0. The Balaban J connectivity index is 2.52. The zero-order chi connectivity index (χ0) is 24.1. The number of aliphatic hydroxyl groups excluding tert-OH is 8. The van der Waals surface area contributed by atoms with Crippen LogP contribution in [0.4, 0.5) is 0 Å². The van der Waals surface area contributed by atoms with Gasteiger partial charge in [-0.05, 0) is 13.0 Å². The molecule has 0 amide bonds. The number of hydrogen-bond donors (Lipinski definition) is 9. The Labute approximate surface area is 189 Å². The van der Waals surface area contributed by atoms with Crippen molar-refractivity contribution in [3.63, 3.8) is 0 Å². The highest BCUT2D eigenvalue weighted by Gasteiger charge is 2.46. The minimum Gasteiger partial charge on any atom is -0.394 e. The largest absolute Gasteiger partial charge is 0.394 e. The van der Waals surface area contributed by atoms with Crippen LogP contribution in [-0.4, -0.2) is 122 Å². The van der Waals surface area contributed by atoms with Crippen LogP contribution in [0.3, 0.4) is 0 Å². The Morgan fingerprint density at radius 1 is 0.844 bits per heavy atom. The van der Waals surface area contributed by atoms with E-state index in [2.05, 4.69) is 12.2 Å². The van der Waals surface area contributed by atoms with E-state index in [1.165, 1.54) is 25.7 Å². The summed E-state index contributed by atoms with van der Waals surface area (Å²) < 4.78 is 10.6. The fourth-order valence-corrected chi connectivity index (χ4v) is 3.63. The first kappa shape index (κ1) is 29.6. The number of unbranched alkanes of at least 4 members (excludes halogenated alkanes) is 6. The van der Waals surface area contributed by atoms with E-state index in [4.69, 9.17) is 9.47 Å². The highest BCUT2D eigenvalue weighted by atomic mass is 16.7. The van der Waals surface area contributed by atoms with Crippen LogP contribution in [0.15, 0.2) is 0 Å². The van der Waals surface area contributed by atoms with Crippen molar-refractivity contribution in [3.05, 3.63) is 0 Å². The number of hydrogen-bond acceptors (Lipinski definition) is 11. The van der Waals surface area contributed by atoms with E-state index >= 15 is 0 Å². The second-order valence-electron chi connectivity index (χ2n) is 8.43. The Bertz CT molecular complexity index is 472. The van der Waals surface area contributed by atoms with Crippen LogP contribution in [-0.2, 0) is 9.47 Å². The average Bonchev–Trinajstić information content (AvgIpc) is 2.80. The molecule has 0 aromatic carbocycles. The molecule has 32 heavy (non-hydrogen) atoms. The molecule has 11 nitrogen and oxygen atoms in total. The van der Waals surface area contributed by atoms with Crippen molar-refractivity contribution in [3.8, 4) is 0 Å². The molecule has 0 aliphatic carbocycles. The molecule has 1 aliphatic heterocycles. The van der Waals surface area contributed by atoms with Crippen molar-refractivity contribution in [2.24, 2.45) is 0 Å². The Morgan fingerprint density at radius 2 is 1.47 bits per heavy atom. The van der Waals surface area contributed by atoms with Gasteiger partial charge in [0.15, 0.2) is 6.29 Å². The lowest BCUT2D eigenvalue weighted by atomic mass is 9.98. The molecule has 1 rings (SSSR count). The number of rotatable bonds is 17. The van der Waals surface area contributed by atoms with Gasteiger partial charge in [-0.1, -0.05) is 45.4 Å². The highest BCUT2D eigenvalue weighted by molar-refractivity contribution is 4.91. The molecule has 192 valence electrons. The third-order valence-corrected chi connectivity index (χ3v) is 5.75. The first-order chi connectivity index (χ1) is 15.3. The summed E-state index contributed by atoms with van der Waals surface area (Å²) in [5.41, 5.74) is 0. The maximum atomic E-state index is 10.5. The molecule has 11 heteroatoms. The van der Waals surface area contributed by atoms with E-state index in [9.17, 15) is 40.9 Å². The third-order valence-electron chi connectivity index (χ3n) is 5.75. The maximum Gasteiger partial charge on any atom is 0.187 e. The molecule has 9 unspecified atom stereocenters. The highest BCUT2D eigenvalue weighted by Crippen LogP contribution is 2.25. The molecular weight excluding hydrogens is 426 g/mol. The van der Waals surface area contributed by atoms with Gasteiger partial charge in [0, 0.05) is 6.54 Å². The van der Waals surface area contributed by atoms with E-state index in [0.29, 0.717) is 6.54 Å². The van der Waals surface area contributed by atoms with Crippen molar-refractivity contribution < 1.29 is 50.3 Å². The summed E-state index contributed by atoms with van der Waals surface area (Å²) in [5.74, 6) is 0. The molecule has 9 atom stereocenters. The van der Waals surface area contributed by atoms with Crippen LogP contribution >= 0.6 is 0 Å². The molecule has 0 saturated carbocycles. The van der Waals surface area contributed by atoms with Crippen LogP contribution in [0.1, 0.15) is 51.9 Å². The standard InChI is InChI=1S/C21H43NO10/c1-2-3-4-5-6-7-8-9-22-10-13(25)16(27)20(14(26)11-23)32-21-19(30)18(29)17(28)15(12-24)31-21/h13-30H,2-12H2,1H3. The minimum atomic E-state index is -1.75. The maximum absolute atomic E-state index is 10.5. The number of ether oxygens (including phenoxy) is 2. The monoisotopic (exact) mass is 469 g/mol. The van der Waals surface area contributed by atoms with Crippen LogP contribution in [0.25, 0.3) is 0 Å². The smallest absolute Gasteiger partial charge is 0.187 e. The van der Waals surface area contributed by atoms with E-state index in [0.717, 1.165) is 19.3 Å². The lowest BCUT2D eigenvalue weighted by Gasteiger charge is -2.42. The van der Waals surface area contributed by atoms with E-state index in [1.807, 2.05) is 0 Å². The quantitative estimate of drug-likeness (QED) is 0.103. The fourth-order valence-electron chi connectivity index (χ4n) is 3.63. The first-order valence-electron chi connectivity index (χ1n) is 11.6. The topological polar surface area (TPSA) is 192 Å². The van der Waals surface area contributed by atoms with Gasteiger partial charge in [0.2, 0.25) is 0 Å². The predicted molar refractivity (Wildman–Crippen MR) is 115 cm³/mol. The molecular formula is C21H43NO10. The van der Waals surface area contributed by atoms with E-state index < -0.39 is 68.3 Å². The summed E-state index contributed by atoms with van der Waals surface area (Å²) in [6, 6.07) is 0. The second kappa shape index (κ2) is 16.2. The van der Waals surface area contributed by atoms with Crippen molar-refractivity contribution in [1.29, 1.82) is 0 Å². The van der Waals surface area contributed by atoms with Crippen LogP contribution in [0.2, 0.25) is 0 Å².